The molecule has 0 atom stereocenters. The van der Waals surface area contributed by atoms with E-state index in [4.69, 9.17) is 39.7 Å². The van der Waals surface area contributed by atoms with Gasteiger partial charge in [-0.2, -0.15) is 0 Å². The van der Waals surface area contributed by atoms with Crippen molar-refractivity contribution in [3.8, 4) is 68.5 Å². The van der Waals surface area contributed by atoms with Crippen LogP contribution in [0.3, 0.4) is 0 Å². The minimum absolute atomic E-state index is 0. The molecule has 762 valence electrons. The molecule has 38 heteroatoms. The van der Waals surface area contributed by atoms with E-state index in [1.54, 1.807) is 6.92 Å². The number of rotatable bonds is 23. The third-order valence-corrected chi connectivity index (χ3v) is 1840. The standard InChI is InChI=1S/C48H31N3O.C30H30BNO2.C24H13ClN2O.C3H4.I26.9H2/c1-3-11-32(12-4-1)33-19-24-39(25-20-33)51(38-15-5-2-6-16-38)40-26-21-34(22-27-40)48-49-44-18-10-9-17-42(44)47(50-48)37-23-28-41-43-29-35-13-7-8-14-36(35)30-46(43)52-45(41)31-37;1-29(2)30(3,4)34-31(33-29)25-17-21-28(22-18-25)32(26-13-9-6-10-14-26)27-19-15-24(16-20-27)23-11-7-5-8-12-23;25-24-26-20-8-4-3-7-18(20)23(27-24)16-9-10-17-19-11-14-5-1-2-6-15(14)12-22(19)28-21(17)13-16;1-3-2;1-15(2)17(5)19(7)21(9)23(11)25(13)26(14)24(12)22(10)20(8)18(6)16(3)4;;;;;;;;;/h1-31H;5-22H,1-4H3;1-13H;1H,2H3;;9*1H. The van der Waals surface area contributed by atoms with E-state index in [1.807, 2.05) is 72.8 Å². The van der Waals surface area contributed by atoms with Crippen molar-refractivity contribution in [1.82, 2.24) is 19.9 Å². The molecule has 1 fully saturated rings. The van der Waals surface area contributed by atoms with E-state index < -0.39 is 94.7 Å². The molecule has 0 radical (unpaired) electrons. The third kappa shape index (κ3) is 29.7. The third-order valence-electron chi connectivity index (χ3n) is 22.9. The van der Waals surface area contributed by atoms with Gasteiger partial charge >= 0.3 is 362 Å². The van der Waals surface area contributed by atoms with Crippen LogP contribution in [0.2, 0.25) is 5.28 Å². The van der Waals surface area contributed by atoms with Gasteiger partial charge in [0.05, 0.1) is 33.6 Å². The van der Waals surface area contributed by atoms with Crippen molar-refractivity contribution in [3.63, 3.8) is 0 Å². The predicted octanol–water partition coefficient (Wildman–Crippen LogP) is 53.2. The van der Waals surface area contributed by atoms with Crippen LogP contribution in [0, 0.1) is 12.3 Å². The van der Waals surface area contributed by atoms with Crippen LogP contribution in [-0.2, 0) is 9.31 Å². The van der Waals surface area contributed by atoms with E-state index in [2.05, 4.69) is 624 Å². The molecule has 143 heavy (non-hydrogen) atoms. The predicted molar refractivity (Wildman–Crippen MR) is 870 cm³/mol. The molecule has 4 aromatic heterocycles. The van der Waals surface area contributed by atoms with Crippen molar-refractivity contribution in [2.75, 3.05) is 9.80 Å². The Hall–Kier alpha value is 4.73. The number of benzene rings is 16. The summed E-state index contributed by atoms with van der Waals surface area (Å²) >= 11 is 49.7. The van der Waals surface area contributed by atoms with Crippen molar-refractivity contribution < 1.29 is 31.0 Å². The van der Waals surface area contributed by atoms with Crippen molar-refractivity contribution in [2.45, 2.75) is 45.8 Å². The van der Waals surface area contributed by atoms with Crippen molar-refractivity contribution in [1.29, 1.82) is 0 Å². The van der Waals surface area contributed by atoms with Gasteiger partial charge in [0.15, 0.2) is 5.82 Å². The van der Waals surface area contributed by atoms with Crippen LogP contribution in [-0.4, -0.2) is 38.3 Å². The molecule has 1 aliphatic rings. The van der Waals surface area contributed by atoms with E-state index in [9.17, 15) is 0 Å². The number of anilines is 6. The molecular formula is C105H96BClI26N6O4. The largest absolute Gasteiger partial charge is 0.456 e. The molecule has 0 unspecified atom stereocenters. The molecular weight excluding hydrogens is 4750 g/mol. The summed E-state index contributed by atoms with van der Waals surface area (Å²) in [6.45, 7) is 9.98. The van der Waals surface area contributed by atoms with Crippen LogP contribution in [0.1, 0.15) is 47.5 Å². The minimum Gasteiger partial charge on any atom is -0.456 e. The number of fused-ring (bicyclic) bond motifs is 10. The zero-order chi connectivity index (χ0) is 100. The molecule has 10 nitrogen and oxygen atoms in total. The average molecular weight is 4850 g/mol. The molecule has 21 rings (SSSR count). The van der Waals surface area contributed by atoms with Gasteiger partial charge in [-0.15, -0.1) is 12.3 Å². The number of hydrogen-bond acceptors (Lipinski definition) is 10. The van der Waals surface area contributed by atoms with E-state index in [0.29, 0.717) is 5.82 Å². The fourth-order valence-corrected chi connectivity index (χ4v) is 4210. The quantitative estimate of drug-likeness (QED) is 0.0266. The first-order valence-corrected chi connectivity index (χ1v) is 200. The summed E-state index contributed by atoms with van der Waals surface area (Å²) < 4.78 is 25.1. The Morgan fingerprint density at radius 1 is 0.287 bits per heavy atom. The van der Waals surface area contributed by atoms with Gasteiger partial charge in [0.2, 0.25) is 5.28 Å². The smallest absolute Gasteiger partial charge is 0.160 e. The van der Waals surface area contributed by atoms with Gasteiger partial charge in [0.1, 0.15) is 22.3 Å². The normalized spacial score (nSPS) is 13.7. The Bertz CT molecular complexity index is 7870. The topological polar surface area (TPSA) is 103 Å². The second kappa shape index (κ2) is 56.6. The average Bonchev–Trinajstić information content (AvgIpc) is 1.59. The molecule has 0 bridgehead atoms. The van der Waals surface area contributed by atoms with Gasteiger partial charge in [0, 0.05) is 96.0 Å². The molecule has 0 aliphatic carbocycles. The summed E-state index contributed by atoms with van der Waals surface area (Å²) in [5.41, 5.74) is 21.4. The Kier molecular flexibility index (Phi) is 46.9. The molecule has 0 saturated carbocycles. The van der Waals surface area contributed by atoms with Gasteiger partial charge in [-0.05, 0) is 241 Å². The maximum absolute atomic E-state index is 6.44. The first-order valence-electron chi connectivity index (χ1n) is 42.7. The minimum atomic E-state index is -0.462. The number of nitrogens with zero attached hydrogens (tertiary/aromatic N) is 6. The second-order valence-electron chi connectivity index (χ2n) is 31.9. The summed E-state index contributed by atoms with van der Waals surface area (Å²) in [5.74, 6) is 2.93. The maximum atomic E-state index is 6.44. The van der Waals surface area contributed by atoms with Crippen LogP contribution in [0.15, 0.2) is 385 Å². The monoisotopic (exact) mass is 4850 g/mol. The van der Waals surface area contributed by atoms with Crippen LogP contribution >= 0.6 is 367 Å². The van der Waals surface area contributed by atoms with Crippen molar-refractivity contribution >= 4 is 501 Å². The molecule has 0 spiro atoms. The number of terminal acetylenes is 1. The Morgan fingerprint density at radius 2 is 0.566 bits per heavy atom. The number of halogens is 27. The Balaban J connectivity index is 0.000000249. The maximum Gasteiger partial charge on any atom is 0.160 e. The molecule has 0 N–H and O–H groups in total. The molecule has 5 heterocycles. The zero-order valence-corrected chi connectivity index (χ0v) is 132. The number of para-hydroxylation sites is 4. The fourth-order valence-electron chi connectivity index (χ4n) is 15.7. The summed E-state index contributed by atoms with van der Waals surface area (Å²) in [7, 11) is -5.69. The summed E-state index contributed by atoms with van der Waals surface area (Å²) in [6.07, 6.45) is 4.60. The first-order chi connectivity index (χ1) is 69.0. The van der Waals surface area contributed by atoms with Crippen molar-refractivity contribution in [3.05, 3.63) is 381 Å². The van der Waals surface area contributed by atoms with Gasteiger partial charge in [0.25, 0.3) is 0 Å². The zero-order valence-electron chi connectivity index (χ0n) is 75.0. The fraction of sp³-hybridized carbons (Fsp3) is 0.0667. The van der Waals surface area contributed by atoms with Gasteiger partial charge in [-0.3, -0.25) is 0 Å². The van der Waals surface area contributed by atoms with Crippen LogP contribution in [0.4, 0.5) is 34.1 Å². The van der Waals surface area contributed by atoms with Crippen LogP contribution in [0.5, 0.6) is 0 Å². The van der Waals surface area contributed by atoms with Crippen LogP contribution in [0.25, 0.3) is 143 Å². The number of furan rings is 2. The van der Waals surface area contributed by atoms with Gasteiger partial charge in [-0.1, -0.05) is 231 Å². The molecule has 1 aliphatic heterocycles. The summed E-state index contributed by atoms with van der Waals surface area (Å²) in [6, 6.07) is 130. The molecule has 0 amide bonds. The molecule has 16 aromatic carbocycles. The number of hydrogen-bond donors (Lipinski definition) is 0. The Morgan fingerprint density at radius 3 is 0.937 bits per heavy atom. The van der Waals surface area contributed by atoms with E-state index >= 15 is 0 Å². The SMILES string of the molecule is C#CC.CC1(C)OB(c2ccc(N(c3ccccc3)c3ccc(-c4ccccc4)cc3)cc2)OC1(C)C.Clc1nc(-c2ccc3c(c2)oc2cc4ccccc4cc23)c2ccccc2n1.II(I)I(I)I(I)I(I)I(I)I(I)I(I)I(I)I(I)I(I)I(I)I(I)I.[HH].[HH].[HH].[HH].[HH].[HH].[HH].[HH].[HH].c1ccc(-c2ccc(N(c3ccccc3)c3ccc(-c4nc(-c5ccc6c(c5)oc5cc7ccccc7cc56)c5ccccc5n4)cc3)cc2)cc1. The number of aromatic nitrogens is 4. The van der Waals surface area contributed by atoms with E-state index in [-0.39, 0.29) is 36.4 Å². The first kappa shape index (κ1) is 119. The summed E-state index contributed by atoms with van der Waals surface area (Å²) in [4.78, 5) is 23.6. The van der Waals surface area contributed by atoms with Crippen LogP contribution < -0.4 is 15.3 Å². The van der Waals surface area contributed by atoms with Gasteiger partial charge in [-0.25, -0.2) is 19.9 Å². The Labute approximate surface area is 1030 Å². The summed E-state index contributed by atoms with van der Waals surface area (Å²) in [5, 5.41) is 11.4. The van der Waals surface area contributed by atoms with Crippen molar-refractivity contribution in [2.24, 2.45) is 0 Å². The van der Waals surface area contributed by atoms with Gasteiger partial charge < -0.3 is 27.9 Å². The molecule has 1 saturated heterocycles. The molecule has 20 aromatic rings. The second-order valence-corrected chi connectivity index (χ2v) is 617. The van der Waals surface area contributed by atoms with E-state index in [0.717, 1.165) is 133 Å². The van der Waals surface area contributed by atoms with E-state index in [1.165, 1.54) is 43.8 Å².